The molecular weight excluding hydrogens is 296 g/mol. The summed E-state index contributed by atoms with van der Waals surface area (Å²) in [7, 11) is 1.55. The maximum atomic E-state index is 11.5. The van der Waals surface area contributed by atoms with E-state index in [1.807, 2.05) is 17.0 Å². The number of hydrogen-bond acceptors (Lipinski definition) is 6. The largest absolute Gasteiger partial charge is 0.496 e. The standard InChI is InChI=1S/C16H18N4O3/c1-23-13-5-3-2-4-11(13)14-12(15(21)22)10-18-16(19-14)20-8-6-17-7-9-20/h2-5,10,17H,6-9H2,1H3,(H,21,22). The van der Waals surface area contributed by atoms with Crippen molar-refractivity contribution in [1.29, 1.82) is 0 Å². The monoisotopic (exact) mass is 314 g/mol. The number of methoxy groups -OCH3 is 1. The Morgan fingerprint density at radius 1 is 1.30 bits per heavy atom. The van der Waals surface area contributed by atoms with E-state index in [-0.39, 0.29) is 5.56 Å². The van der Waals surface area contributed by atoms with Gasteiger partial charge in [-0.3, -0.25) is 0 Å². The van der Waals surface area contributed by atoms with E-state index in [0.29, 0.717) is 23.0 Å². The lowest BCUT2D eigenvalue weighted by atomic mass is 10.1. The first kappa shape index (κ1) is 15.2. The van der Waals surface area contributed by atoms with Crippen molar-refractivity contribution in [3.05, 3.63) is 36.0 Å². The number of para-hydroxylation sites is 1. The zero-order valence-electron chi connectivity index (χ0n) is 12.8. The van der Waals surface area contributed by atoms with Crippen molar-refractivity contribution in [1.82, 2.24) is 15.3 Å². The number of carbonyl (C=O) groups is 1. The molecule has 0 amide bonds. The zero-order valence-corrected chi connectivity index (χ0v) is 12.8. The molecule has 2 aromatic rings. The summed E-state index contributed by atoms with van der Waals surface area (Å²) in [6.45, 7) is 3.29. The molecule has 2 N–H and O–H groups in total. The van der Waals surface area contributed by atoms with Crippen LogP contribution in [0, 0.1) is 0 Å². The van der Waals surface area contributed by atoms with Gasteiger partial charge in [0.15, 0.2) is 0 Å². The minimum absolute atomic E-state index is 0.0633. The van der Waals surface area contributed by atoms with Crippen LogP contribution in [0.5, 0.6) is 5.75 Å². The lowest BCUT2D eigenvalue weighted by Gasteiger charge is -2.27. The Hall–Kier alpha value is -2.67. The third kappa shape index (κ3) is 3.09. The molecule has 0 saturated carbocycles. The van der Waals surface area contributed by atoms with Crippen LogP contribution in [-0.4, -0.2) is 54.3 Å². The van der Waals surface area contributed by atoms with Crippen molar-refractivity contribution < 1.29 is 14.6 Å². The first-order valence-corrected chi connectivity index (χ1v) is 7.40. The van der Waals surface area contributed by atoms with E-state index in [4.69, 9.17) is 4.74 Å². The topological polar surface area (TPSA) is 87.6 Å². The zero-order chi connectivity index (χ0) is 16.2. The van der Waals surface area contributed by atoms with Gasteiger partial charge < -0.3 is 20.1 Å². The van der Waals surface area contributed by atoms with Gasteiger partial charge in [-0.1, -0.05) is 12.1 Å². The first-order valence-electron chi connectivity index (χ1n) is 7.40. The Balaban J connectivity index is 2.10. The molecule has 0 bridgehead atoms. The van der Waals surface area contributed by atoms with E-state index in [1.165, 1.54) is 6.20 Å². The van der Waals surface area contributed by atoms with Crippen LogP contribution in [0.1, 0.15) is 10.4 Å². The lowest BCUT2D eigenvalue weighted by molar-refractivity contribution is 0.0697. The third-order valence-corrected chi connectivity index (χ3v) is 3.77. The summed E-state index contributed by atoms with van der Waals surface area (Å²) in [5.41, 5.74) is 1.08. The number of rotatable bonds is 4. The van der Waals surface area contributed by atoms with Crippen molar-refractivity contribution in [2.24, 2.45) is 0 Å². The van der Waals surface area contributed by atoms with Gasteiger partial charge in [-0.2, -0.15) is 0 Å². The van der Waals surface area contributed by atoms with Crippen molar-refractivity contribution >= 4 is 11.9 Å². The molecule has 0 spiro atoms. The molecule has 120 valence electrons. The molecule has 0 radical (unpaired) electrons. The lowest BCUT2D eigenvalue weighted by Crippen LogP contribution is -2.44. The molecule has 1 fully saturated rings. The Morgan fingerprint density at radius 3 is 2.74 bits per heavy atom. The summed E-state index contributed by atoms with van der Waals surface area (Å²) in [5.74, 6) is 0.0649. The highest BCUT2D eigenvalue weighted by molar-refractivity contribution is 5.95. The summed E-state index contributed by atoms with van der Waals surface area (Å²) >= 11 is 0. The van der Waals surface area contributed by atoms with E-state index >= 15 is 0 Å². The maximum absolute atomic E-state index is 11.5. The van der Waals surface area contributed by atoms with Crippen LogP contribution in [0.4, 0.5) is 5.95 Å². The average Bonchev–Trinajstić information content (AvgIpc) is 2.61. The van der Waals surface area contributed by atoms with Crippen LogP contribution in [0.2, 0.25) is 0 Å². The van der Waals surface area contributed by atoms with Gasteiger partial charge in [0.25, 0.3) is 0 Å². The van der Waals surface area contributed by atoms with Gasteiger partial charge >= 0.3 is 5.97 Å². The molecular formula is C16H18N4O3. The molecule has 1 aliphatic heterocycles. The molecule has 1 aromatic heterocycles. The summed E-state index contributed by atoms with van der Waals surface area (Å²) in [5, 5.41) is 12.7. The fourth-order valence-corrected chi connectivity index (χ4v) is 2.59. The van der Waals surface area contributed by atoms with Gasteiger partial charge in [-0.25, -0.2) is 14.8 Å². The number of piperazine rings is 1. The van der Waals surface area contributed by atoms with Crippen LogP contribution in [-0.2, 0) is 0 Å². The minimum atomic E-state index is -1.06. The number of aromatic nitrogens is 2. The molecule has 23 heavy (non-hydrogen) atoms. The molecule has 0 aliphatic carbocycles. The normalized spacial score (nSPS) is 14.6. The van der Waals surface area contributed by atoms with Gasteiger partial charge in [0.2, 0.25) is 5.95 Å². The Kier molecular flexibility index (Phi) is 4.38. The second kappa shape index (κ2) is 6.62. The predicted octanol–water partition coefficient (Wildman–Crippen LogP) is 1.26. The molecule has 0 unspecified atom stereocenters. The number of benzene rings is 1. The molecule has 7 heteroatoms. The van der Waals surface area contributed by atoms with Crippen LogP contribution in [0.25, 0.3) is 11.3 Å². The third-order valence-electron chi connectivity index (χ3n) is 3.77. The smallest absolute Gasteiger partial charge is 0.339 e. The van der Waals surface area contributed by atoms with Gasteiger partial charge in [-0.15, -0.1) is 0 Å². The number of nitrogens with zero attached hydrogens (tertiary/aromatic N) is 3. The van der Waals surface area contributed by atoms with E-state index < -0.39 is 5.97 Å². The maximum Gasteiger partial charge on any atom is 0.339 e. The van der Waals surface area contributed by atoms with Crippen LogP contribution >= 0.6 is 0 Å². The molecule has 1 saturated heterocycles. The number of hydrogen-bond donors (Lipinski definition) is 2. The van der Waals surface area contributed by atoms with Gasteiger partial charge in [0, 0.05) is 37.9 Å². The second-order valence-electron chi connectivity index (χ2n) is 5.17. The number of ether oxygens (including phenoxy) is 1. The van der Waals surface area contributed by atoms with Crippen LogP contribution in [0.3, 0.4) is 0 Å². The van der Waals surface area contributed by atoms with E-state index in [0.717, 1.165) is 26.2 Å². The summed E-state index contributed by atoms with van der Waals surface area (Å²) in [4.78, 5) is 22.3. The van der Waals surface area contributed by atoms with Gasteiger partial charge in [0.05, 0.1) is 12.8 Å². The van der Waals surface area contributed by atoms with Gasteiger partial charge in [0.1, 0.15) is 11.3 Å². The molecule has 0 atom stereocenters. The minimum Gasteiger partial charge on any atom is -0.496 e. The average molecular weight is 314 g/mol. The van der Waals surface area contributed by atoms with E-state index in [9.17, 15) is 9.90 Å². The molecule has 3 rings (SSSR count). The quantitative estimate of drug-likeness (QED) is 0.878. The predicted molar refractivity (Wildman–Crippen MR) is 86.1 cm³/mol. The Labute approximate surface area is 133 Å². The van der Waals surface area contributed by atoms with Crippen molar-refractivity contribution in [3.8, 4) is 17.0 Å². The Bertz CT molecular complexity index is 714. The van der Waals surface area contributed by atoms with E-state index in [2.05, 4.69) is 15.3 Å². The summed E-state index contributed by atoms with van der Waals surface area (Å²) in [6, 6.07) is 7.25. The fourth-order valence-electron chi connectivity index (χ4n) is 2.59. The highest BCUT2D eigenvalue weighted by atomic mass is 16.5. The number of nitrogens with one attached hydrogen (secondary N) is 1. The molecule has 1 aliphatic rings. The van der Waals surface area contributed by atoms with Gasteiger partial charge in [-0.05, 0) is 12.1 Å². The van der Waals surface area contributed by atoms with Crippen molar-refractivity contribution in [2.45, 2.75) is 0 Å². The van der Waals surface area contributed by atoms with Crippen LogP contribution in [0.15, 0.2) is 30.5 Å². The SMILES string of the molecule is COc1ccccc1-c1nc(N2CCNCC2)ncc1C(=O)O. The highest BCUT2D eigenvalue weighted by Gasteiger charge is 2.21. The number of anilines is 1. The first-order chi connectivity index (χ1) is 11.2. The fraction of sp³-hybridized carbons (Fsp3) is 0.312. The van der Waals surface area contributed by atoms with E-state index in [1.54, 1.807) is 19.2 Å². The van der Waals surface area contributed by atoms with Crippen molar-refractivity contribution in [2.75, 3.05) is 38.2 Å². The summed E-state index contributed by atoms with van der Waals surface area (Å²) in [6.07, 6.45) is 1.37. The highest BCUT2D eigenvalue weighted by Crippen LogP contribution is 2.31. The molecule has 2 heterocycles. The van der Waals surface area contributed by atoms with Crippen molar-refractivity contribution in [3.63, 3.8) is 0 Å². The molecule has 7 nitrogen and oxygen atoms in total. The molecule has 1 aromatic carbocycles. The Morgan fingerprint density at radius 2 is 2.04 bits per heavy atom. The number of aromatic carboxylic acids is 1. The number of carboxylic acid groups (broad SMARTS) is 1. The van der Waals surface area contributed by atoms with Crippen LogP contribution < -0.4 is 15.0 Å². The number of carboxylic acids is 1. The summed E-state index contributed by atoms with van der Waals surface area (Å²) < 4.78 is 5.34. The second-order valence-corrected chi connectivity index (χ2v) is 5.17.